The monoisotopic (exact) mass is 431 g/mol. The van der Waals surface area contributed by atoms with Crippen LogP contribution in [0.3, 0.4) is 0 Å². The van der Waals surface area contributed by atoms with Crippen LogP contribution >= 0.6 is 0 Å². The van der Waals surface area contributed by atoms with Crippen molar-refractivity contribution in [2.45, 2.75) is 26.8 Å². The number of halogens is 1. The number of hydrogen-bond acceptors (Lipinski definition) is 5. The predicted octanol–water partition coefficient (Wildman–Crippen LogP) is 4.09. The van der Waals surface area contributed by atoms with E-state index in [9.17, 15) is 9.18 Å². The first-order chi connectivity index (χ1) is 15.4. The molecule has 0 bridgehead atoms. The summed E-state index contributed by atoms with van der Waals surface area (Å²) in [5.41, 5.74) is 5.99. The first-order valence-corrected chi connectivity index (χ1v) is 10.4. The molecule has 1 aliphatic heterocycles. The van der Waals surface area contributed by atoms with Gasteiger partial charge in [-0.15, -0.1) is 0 Å². The number of nitrogens with zero attached hydrogens (tertiary/aromatic N) is 5. The van der Waals surface area contributed by atoms with Gasteiger partial charge in [0, 0.05) is 42.4 Å². The number of carbonyl (C=O) groups excluding carboxylic acids is 1. The van der Waals surface area contributed by atoms with Crippen molar-refractivity contribution in [2.24, 2.45) is 7.05 Å². The lowest BCUT2D eigenvalue weighted by molar-refractivity contribution is 0.0733. The fourth-order valence-corrected chi connectivity index (χ4v) is 4.25. The van der Waals surface area contributed by atoms with Crippen molar-refractivity contribution in [2.75, 3.05) is 6.54 Å². The summed E-state index contributed by atoms with van der Waals surface area (Å²) in [4.78, 5) is 19.5. The Labute approximate surface area is 184 Å². The van der Waals surface area contributed by atoms with E-state index in [0.717, 1.165) is 22.4 Å². The maximum atomic E-state index is 13.2. The molecule has 162 valence electrons. The molecule has 8 heteroatoms. The molecule has 0 radical (unpaired) electrons. The maximum absolute atomic E-state index is 13.2. The SMILES string of the molecule is Cc1cc(C)cc(C(=O)N2CCc3c(c(-c4nc(-c5ccc(F)cc5)no4)nn3C)C2)c1. The molecule has 0 N–H and O–H groups in total. The molecular weight excluding hydrogens is 409 g/mol. The summed E-state index contributed by atoms with van der Waals surface area (Å²) >= 11 is 0. The summed E-state index contributed by atoms with van der Waals surface area (Å²) in [6.45, 7) is 5.01. The Morgan fingerprint density at radius 2 is 1.81 bits per heavy atom. The fourth-order valence-electron chi connectivity index (χ4n) is 4.25. The fraction of sp³-hybridized carbons (Fsp3) is 0.250. The molecule has 0 unspecified atom stereocenters. The van der Waals surface area contributed by atoms with Crippen molar-refractivity contribution in [3.05, 3.63) is 76.2 Å². The highest BCUT2D eigenvalue weighted by molar-refractivity contribution is 5.94. The number of fused-ring (bicyclic) bond motifs is 1. The molecule has 3 heterocycles. The molecule has 1 amide bonds. The highest BCUT2D eigenvalue weighted by Crippen LogP contribution is 2.31. The van der Waals surface area contributed by atoms with Gasteiger partial charge in [0.1, 0.15) is 5.82 Å². The topological polar surface area (TPSA) is 77.1 Å². The molecular formula is C24H22FN5O2. The molecule has 2 aromatic heterocycles. The molecule has 0 fully saturated rings. The second kappa shape index (κ2) is 7.71. The zero-order chi connectivity index (χ0) is 22.4. The minimum absolute atomic E-state index is 0.00483. The third-order valence-electron chi connectivity index (χ3n) is 5.73. The highest BCUT2D eigenvalue weighted by Gasteiger charge is 2.30. The van der Waals surface area contributed by atoms with Gasteiger partial charge in [0.05, 0.1) is 6.54 Å². The minimum atomic E-state index is -0.329. The van der Waals surface area contributed by atoms with E-state index in [1.807, 2.05) is 42.6 Å². The van der Waals surface area contributed by atoms with Crippen LogP contribution in [0.5, 0.6) is 0 Å². The molecule has 1 aliphatic rings. The zero-order valence-corrected chi connectivity index (χ0v) is 18.1. The van der Waals surface area contributed by atoms with E-state index in [1.165, 1.54) is 12.1 Å². The average Bonchev–Trinajstić information content (AvgIpc) is 3.38. The number of amides is 1. The molecule has 0 saturated heterocycles. The van der Waals surface area contributed by atoms with E-state index in [2.05, 4.69) is 21.3 Å². The van der Waals surface area contributed by atoms with Crippen LogP contribution in [0.1, 0.15) is 32.7 Å². The Bertz CT molecular complexity index is 1300. The van der Waals surface area contributed by atoms with Gasteiger partial charge in [0.2, 0.25) is 5.82 Å². The summed E-state index contributed by atoms with van der Waals surface area (Å²) in [7, 11) is 1.88. The van der Waals surface area contributed by atoms with Crippen molar-refractivity contribution in [3.8, 4) is 23.0 Å². The summed E-state index contributed by atoms with van der Waals surface area (Å²) in [6.07, 6.45) is 0.689. The lowest BCUT2D eigenvalue weighted by Crippen LogP contribution is -2.36. The van der Waals surface area contributed by atoms with E-state index in [1.54, 1.807) is 12.1 Å². The molecule has 7 nitrogen and oxygen atoms in total. The molecule has 4 aromatic rings. The first-order valence-electron chi connectivity index (χ1n) is 10.4. The van der Waals surface area contributed by atoms with Crippen LogP contribution < -0.4 is 0 Å². The van der Waals surface area contributed by atoms with Gasteiger partial charge in [-0.05, 0) is 50.2 Å². The van der Waals surface area contributed by atoms with Crippen LogP contribution in [0.4, 0.5) is 4.39 Å². The van der Waals surface area contributed by atoms with Gasteiger partial charge in [0.25, 0.3) is 11.8 Å². The Kier molecular flexibility index (Phi) is 4.84. The van der Waals surface area contributed by atoms with Crippen LogP contribution in [0.15, 0.2) is 47.0 Å². The summed E-state index contributed by atoms with van der Waals surface area (Å²) in [5.74, 6) is 0.305. The lowest BCUT2D eigenvalue weighted by atomic mass is 10.0. The van der Waals surface area contributed by atoms with Crippen LogP contribution in [0.25, 0.3) is 23.0 Å². The van der Waals surface area contributed by atoms with Crippen molar-refractivity contribution >= 4 is 5.91 Å². The number of rotatable bonds is 3. The van der Waals surface area contributed by atoms with Gasteiger partial charge in [-0.2, -0.15) is 10.1 Å². The quantitative estimate of drug-likeness (QED) is 0.488. The van der Waals surface area contributed by atoms with Gasteiger partial charge < -0.3 is 9.42 Å². The van der Waals surface area contributed by atoms with E-state index in [0.29, 0.717) is 42.2 Å². The molecule has 32 heavy (non-hydrogen) atoms. The first kappa shape index (κ1) is 20.1. The second-order valence-electron chi connectivity index (χ2n) is 8.18. The average molecular weight is 431 g/mol. The van der Waals surface area contributed by atoms with E-state index in [4.69, 9.17) is 4.52 Å². The van der Waals surface area contributed by atoms with Crippen LogP contribution in [0, 0.1) is 19.7 Å². The Hall–Kier alpha value is -3.81. The predicted molar refractivity (Wildman–Crippen MR) is 116 cm³/mol. The number of aromatic nitrogens is 4. The van der Waals surface area contributed by atoms with Gasteiger partial charge in [-0.1, -0.05) is 22.3 Å². The summed E-state index contributed by atoms with van der Waals surface area (Å²) in [6, 6.07) is 11.8. The molecule has 0 aliphatic carbocycles. The van der Waals surface area contributed by atoms with Gasteiger partial charge >= 0.3 is 0 Å². The second-order valence-corrected chi connectivity index (χ2v) is 8.18. The zero-order valence-electron chi connectivity index (χ0n) is 18.1. The van der Waals surface area contributed by atoms with Gasteiger partial charge in [-0.3, -0.25) is 9.48 Å². The number of hydrogen-bond donors (Lipinski definition) is 0. The van der Waals surface area contributed by atoms with Crippen molar-refractivity contribution < 1.29 is 13.7 Å². The van der Waals surface area contributed by atoms with Crippen LogP contribution in [-0.4, -0.2) is 37.3 Å². The highest BCUT2D eigenvalue weighted by atomic mass is 19.1. The minimum Gasteiger partial charge on any atom is -0.334 e. The van der Waals surface area contributed by atoms with Crippen LogP contribution in [0.2, 0.25) is 0 Å². The van der Waals surface area contributed by atoms with Gasteiger partial charge in [-0.25, -0.2) is 4.39 Å². The molecule has 0 atom stereocenters. The maximum Gasteiger partial charge on any atom is 0.279 e. The summed E-state index contributed by atoms with van der Waals surface area (Å²) in [5, 5.41) is 8.63. The van der Waals surface area contributed by atoms with E-state index in [-0.39, 0.29) is 17.6 Å². The number of benzene rings is 2. The standard InChI is InChI=1S/C24H22FN5O2/c1-14-10-15(2)12-17(11-14)24(31)30-9-8-20-19(13-30)21(27-29(20)3)23-26-22(28-32-23)16-4-6-18(25)7-5-16/h4-7,10-12H,8-9,13H2,1-3H3. The number of carbonyl (C=O) groups is 1. The Balaban J connectivity index is 1.46. The van der Waals surface area contributed by atoms with Gasteiger partial charge in [0.15, 0.2) is 5.69 Å². The number of aryl methyl sites for hydroxylation is 3. The molecule has 2 aromatic carbocycles. The third kappa shape index (κ3) is 3.57. The molecule has 0 spiro atoms. The lowest BCUT2D eigenvalue weighted by Gasteiger charge is -2.27. The van der Waals surface area contributed by atoms with E-state index < -0.39 is 0 Å². The molecule has 0 saturated carbocycles. The Morgan fingerprint density at radius 3 is 2.53 bits per heavy atom. The smallest absolute Gasteiger partial charge is 0.279 e. The molecule has 5 rings (SSSR count). The van der Waals surface area contributed by atoms with Crippen molar-refractivity contribution in [1.29, 1.82) is 0 Å². The van der Waals surface area contributed by atoms with Crippen molar-refractivity contribution in [1.82, 2.24) is 24.8 Å². The summed E-state index contributed by atoms with van der Waals surface area (Å²) < 4.78 is 20.5. The largest absolute Gasteiger partial charge is 0.334 e. The van der Waals surface area contributed by atoms with E-state index >= 15 is 0 Å². The third-order valence-corrected chi connectivity index (χ3v) is 5.73. The normalized spacial score (nSPS) is 13.3. The van der Waals surface area contributed by atoms with Crippen LogP contribution in [-0.2, 0) is 20.0 Å². The Morgan fingerprint density at radius 1 is 1.09 bits per heavy atom. The van der Waals surface area contributed by atoms with Crippen molar-refractivity contribution in [3.63, 3.8) is 0 Å².